The lowest BCUT2D eigenvalue weighted by Gasteiger charge is -2.34. The van der Waals surface area contributed by atoms with Gasteiger partial charge in [-0.1, -0.05) is 45.8 Å². The molecule has 0 radical (unpaired) electrons. The predicted octanol–water partition coefficient (Wildman–Crippen LogP) is 2.97. The predicted molar refractivity (Wildman–Crippen MR) is 108 cm³/mol. The Morgan fingerprint density at radius 3 is 2.37 bits per heavy atom. The van der Waals surface area contributed by atoms with Crippen LogP contribution in [0.25, 0.3) is 0 Å². The van der Waals surface area contributed by atoms with Crippen LogP contribution in [0.3, 0.4) is 0 Å². The van der Waals surface area contributed by atoms with Crippen molar-refractivity contribution in [3.05, 3.63) is 64.1 Å². The molecule has 2 amide bonds. The third kappa shape index (κ3) is 4.88. The molecule has 8 heteroatoms. The van der Waals surface area contributed by atoms with Crippen LogP contribution >= 0.6 is 15.9 Å². The number of hydrogen-bond donors (Lipinski definition) is 1. The first-order valence-electron chi connectivity index (χ1n) is 8.70. The summed E-state index contributed by atoms with van der Waals surface area (Å²) in [5.74, 6) is 0. The molecule has 6 nitrogen and oxygen atoms in total. The Bertz CT molecular complexity index is 908. The molecule has 3 rings (SSSR count). The molecule has 0 aromatic heterocycles. The SMILES string of the molecule is Cc1ccc(S(=O)(=O)N2CCN(C(=O)NCc3cccc(Br)c3)CC2)cc1. The monoisotopic (exact) mass is 451 g/mol. The van der Waals surface area contributed by atoms with Crippen molar-refractivity contribution in [1.29, 1.82) is 0 Å². The molecule has 0 saturated carbocycles. The van der Waals surface area contributed by atoms with E-state index >= 15 is 0 Å². The summed E-state index contributed by atoms with van der Waals surface area (Å²) < 4.78 is 27.8. The minimum atomic E-state index is -3.52. The second kappa shape index (κ2) is 8.41. The molecule has 0 bridgehead atoms. The lowest BCUT2D eigenvalue weighted by molar-refractivity contribution is 0.172. The number of carbonyl (C=O) groups excluding carboxylic acids is 1. The summed E-state index contributed by atoms with van der Waals surface area (Å²) in [7, 11) is -3.52. The Morgan fingerprint density at radius 1 is 1.07 bits per heavy atom. The number of amides is 2. The highest BCUT2D eigenvalue weighted by atomic mass is 79.9. The highest BCUT2D eigenvalue weighted by Gasteiger charge is 2.29. The van der Waals surface area contributed by atoms with Gasteiger partial charge in [0, 0.05) is 37.2 Å². The number of nitrogens with one attached hydrogen (secondary N) is 1. The number of piperazine rings is 1. The largest absolute Gasteiger partial charge is 0.334 e. The van der Waals surface area contributed by atoms with Crippen molar-refractivity contribution in [3.63, 3.8) is 0 Å². The standard InChI is InChI=1S/C19H22BrN3O3S/c1-15-5-7-18(8-6-15)27(25,26)23-11-9-22(10-12-23)19(24)21-14-16-3-2-4-17(20)13-16/h2-8,13H,9-12,14H2,1H3,(H,21,24). The maximum Gasteiger partial charge on any atom is 0.317 e. The first-order chi connectivity index (χ1) is 12.9. The van der Waals surface area contributed by atoms with E-state index in [2.05, 4.69) is 21.2 Å². The number of aryl methyl sites for hydroxylation is 1. The Morgan fingerprint density at radius 2 is 1.74 bits per heavy atom. The van der Waals surface area contributed by atoms with E-state index in [1.807, 2.05) is 31.2 Å². The first-order valence-corrected chi connectivity index (χ1v) is 10.9. The van der Waals surface area contributed by atoms with Gasteiger partial charge >= 0.3 is 6.03 Å². The second-order valence-corrected chi connectivity index (χ2v) is 9.35. The normalized spacial score (nSPS) is 15.6. The van der Waals surface area contributed by atoms with Gasteiger partial charge < -0.3 is 10.2 Å². The van der Waals surface area contributed by atoms with Gasteiger partial charge in [-0.2, -0.15) is 4.31 Å². The molecular formula is C19H22BrN3O3S. The van der Waals surface area contributed by atoms with Gasteiger partial charge in [0.05, 0.1) is 4.90 Å². The van der Waals surface area contributed by atoms with E-state index in [1.54, 1.807) is 29.2 Å². The average Bonchev–Trinajstić information content (AvgIpc) is 2.66. The number of hydrogen-bond acceptors (Lipinski definition) is 3. The van der Waals surface area contributed by atoms with Crippen molar-refractivity contribution in [1.82, 2.24) is 14.5 Å². The Hall–Kier alpha value is -1.90. The Balaban J connectivity index is 1.55. The van der Waals surface area contributed by atoms with Crippen LogP contribution in [0, 0.1) is 6.92 Å². The lowest BCUT2D eigenvalue weighted by Crippen LogP contribution is -2.52. The van der Waals surface area contributed by atoms with Gasteiger partial charge in [-0.15, -0.1) is 0 Å². The van der Waals surface area contributed by atoms with Crippen LogP contribution in [0.15, 0.2) is 57.9 Å². The molecule has 0 unspecified atom stereocenters. The van der Waals surface area contributed by atoms with E-state index in [0.29, 0.717) is 37.6 Å². The maximum absolute atomic E-state index is 12.7. The third-order valence-corrected chi connectivity index (χ3v) is 6.92. The van der Waals surface area contributed by atoms with Crippen LogP contribution in [-0.4, -0.2) is 49.8 Å². The van der Waals surface area contributed by atoms with Gasteiger partial charge in [0.15, 0.2) is 0 Å². The number of rotatable bonds is 4. The van der Waals surface area contributed by atoms with Gasteiger partial charge in [0.1, 0.15) is 0 Å². The first kappa shape index (κ1) is 19.9. The smallest absolute Gasteiger partial charge is 0.317 e. The zero-order valence-corrected chi connectivity index (χ0v) is 17.5. The second-order valence-electron chi connectivity index (χ2n) is 6.49. The summed E-state index contributed by atoms with van der Waals surface area (Å²) in [6.45, 7) is 3.67. The molecule has 0 spiro atoms. The van der Waals surface area contributed by atoms with Gasteiger partial charge in [-0.3, -0.25) is 0 Å². The van der Waals surface area contributed by atoms with Crippen molar-refractivity contribution < 1.29 is 13.2 Å². The minimum Gasteiger partial charge on any atom is -0.334 e. The molecule has 2 aromatic carbocycles. The highest BCUT2D eigenvalue weighted by Crippen LogP contribution is 2.18. The molecule has 2 aromatic rings. The quantitative estimate of drug-likeness (QED) is 0.776. The van der Waals surface area contributed by atoms with Crippen molar-refractivity contribution in [2.45, 2.75) is 18.4 Å². The summed E-state index contributed by atoms with van der Waals surface area (Å²) in [4.78, 5) is 14.3. The molecule has 0 aliphatic carbocycles. The molecule has 144 valence electrons. The van der Waals surface area contributed by atoms with Crippen molar-refractivity contribution in [2.75, 3.05) is 26.2 Å². The Kier molecular flexibility index (Phi) is 6.18. The summed E-state index contributed by atoms with van der Waals surface area (Å²) in [6, 6.07) is 14.4. The number of sulfonamides is 1. The molecular weight excluding hydrogens is 430 g/mol. The van der Waals surface area contributed by atoms with Crippen LogP contribution in [0.5, 0.6) is 0 Å². The molecule has 1 heterocycles. The van der Waals surface area contributed by atoms with E-state index in [4.69, 9.17) is 0 Å². The van der Waals surface area contributed by atoms with E-state index < -0.39 is 10.0 Å². The van der Waals surface area contributed by atoms with Crippen LogP contribution in [0.1, 0.15) is 11.1 Å². The Labute approximate surface area is 168 Å². The van der Waals surface area contributed by atoms with Gasteiger partial charge in [0.2, 0.25) is 10.0 Å². The molecule has 1 fully saturated rings. The van der Waals surface area contributed by atoms with Crippen LogP contribution in [0.4, 0.5) is 4.79 Å². The van der Waals surface area contributed by atoms with Crippen LogP contribution < -0.4 is 5.32 Å². The number of nitrogens with zero attached hydrogens (tertiary/aromatic N) is 2. The van der Waals surface area contributed by atoms with Crippen LogP contribution in [0.2, 0.25) is 0 Å². The fourth-order valence-electron chi connectivity index (χ4n) is 2.93. The number of carbonyl (C=O) groups is 1. The van der Waals surface area contributed by atoms with Gasteiger partial charge in [-0.05, 0) is 36.8 Å². The summed E-state index contributed by atoms with van der Waals surface area (Å²) in [6.07, 6.45) is 0. The summed E-state index contributed by atoms with van der Waals surface area (Å²) in [5, 5.41) is 2.89. The van der Waals surface area contributed by atoms with Crippen molar-refractivity contribution >= 4 is 32.0 Å². The zero-order chi connectivity index (χ0) is 19.4. The van der Waals surface area contributed by atoms with E-state index in [0.717, 1.165) is 15.6 Å². The molecule has 0 atom stereocenters. The number of halogens is 1. The lowest BCUT2D eigenvalue weighted by atomic mass is 10.2. The molecule has 1 N–H and O–H groups in total. The zero-order valence-electron chi connectivity index (χ0n) is 15.1. The van der Waals surface area contributed by atoms with Crippen LogP contribution in [-0.2, 0) is 16.6 Å². The van der Waals surface area contributed by atoms with E-state index in [-0.39, 0.29) is 6.03 Å². The topological polar surface area (TPSA) is 69.7 Å². The molecule has 1 saturated heterocycles. The van der Waals surface area contributed by atoms with Crippen molar-refractivity contribution in [2.24, 2.45) is 0 Å². The number of benzene rings is 2. The minimum absolute atomic E-state index is 0.178. The fraction of sp³-hybridized carbons (Fsp3) is 0.316. The van der Waals surface area contributed by atoms with Gasteiger partial charge in [0.25, 0.3) is 0 Å². The molecule has 1 aliphatic rings. The molecule has 1 aliphatic heterocycles. The fourth-order valence-corrected chi connectivity index (χ4v) is 4.80. The summed E-state index contributed by atoms with van der Waals surface area (Å²) in [5.41, 5.74) is 2.01. The summed E-state index contributed by atoms with van der Waals surface area (Å²) >= 11 is 3.41. The maximum atomic E-state index is 12.7. The molecule has 27 heavy (non-hydrogen) atoms. The van der Waals surface area contributed by atoms with Gasteiger partial charge in [-0.25, -0.2) is 13.2 Å². The third-order valence-electron chi connectivity index (χ3n) is 4.52. The number of urea groups is 1. The highest BCUT2D eigenvalue weighted by molar-refractivity contribution is 9.10. The average molecular weight is 452 g/mol. The van der Waals surface area contributed by atoms with E-state index in [9.17, 15) is 13.2 Å². The van der Waals surface area contributed by atoms with E-state index in [1.165, 1.54) is 4.31 Å². The van der Waals surface area contributed by atoms with Crippen molar-refractivity contribution in [3.8, 4) is 0 Å².